The van der Waals surface area contributed by atoms with Gasteiger partial charge in [0.15, 0.2) is 11.5 Å². The van der Waals surface area contributed by atoms with E-state index in [1.807, 2.05) is 31.2 Å². The van der Waals surface area contributed by atoms with E-state index in [2.05, 4.69) is 36.5 Å². The van der Waals surface area contributed by atoms with Crippen LogP contribution >= 0.6 is 34.8 Å². The second-order valence-corrected chi connectivity index (χ2v) is 8.53. The number of rotatable bonds is 10. The molecule has 6 heteroatoms. The maximum Gasteiger partial charge on any atom is 0.180 e. The molecule has 3 rings (SSSR count). The number of ether oxygens (including phenoxy) is 2. The van der Waals surface area contributed by atoms with Crippen molar-refractivity contribution in [2.24, 2.45) is 0 Å². The molecule has 0 unspecified atom stereocenters. The first-order valence-electron chi connectivity index (χ1n) is 10.2. The van der Waals surface area contributed by atoms with Gasteiger partial charge in [-0.1, -0.05) is 70.7 Å². The maximum absolute atomic E-state index is 6.54. The van der Waals surface area contributed by atoms with Crippen molar-refractivity contribution in [1.82, 2.24) is 5.32 Å². The standard InChI is InChI=1S/C25H26Cl3NO2/c1-3-30-24-13-19(15-29-11-10-20-8-9-21(26)14-22(20)27)12-23(28)25(24)31-16-18-6-4-17(2)5-7-18/h4-9,12-14,29H,3,10-11,15-16H2,1-2H3. The summed E-state index contributed by atoms with van der Waals surface area (Å²) in [5.74, 6) is 1.22. The van der Waals surface area contributed by atoms with Crippen LogP contribution in [0.3, 0.4) is 0 Å². The molecule has 0 aromatic heterocycles. The summed E-state index contributed by atoms with van der Waals surface area (Å²) in [4.78, 5) is 0. The molecule has 164 valence electrons. The molecule has 31 heavy (non-hydrogen) atoms. The first kappa shape index (κ1) is 23.7. The molecule has 0 bridgehead atoms. The molecule has 0 aliphatic rings. The van der Waals surface area contributed by atoms with E-state index < -0.39 is 0 Å². The lowest BCUT2D eigenvalue weighted by Gasteiger charge is -2.16. The van der Waals surface area contributed by atoms with Crippen LogP contribution in [-0.4, -0.2) is 13.2 Å². The van der Waals surface area contributed by atoms with Gasteiger partial charge in [-0.15, -0.1) is 0 Å². The Bertz CT molecular complexity index is 1010. The van der Waals surface area contributed by atoms with Crippen LogP contribution in [-0.2, 0) is 19.6 Å². The number of benzene rings is 3. The number of hydrogen-bond acceptors (Lipinski definition) is 3. The van der Waals surface area contributed by atoms with Crippen molar-refractivity contribution in [3.05, 3.63) is 91.9 Å². The Balaban J connectivity index is 1.61. The lowest BCUT2D eigenvalue weighted by atomic mass is 10.1. The fraction of sp³-hybridized carbons (Fsp3) is 0.280. The third-order valence-electron chi connectivity index (χ3n) is 4.79. The van der Waals surface area contributed by atoms with E-state index in [1.54, 1.807) is 6.07 Å². The Morgan fingerprint density at radius 3 is 2.32 bits per heavy atom. The van der Waals surface area contributed by atoms with Gasteiger partial charge in [-0.25, -0.2) is 0 Å². The Morgan fingerprint density at radius 2 is 1.61 bits per heavy atom. The van der Waals surface area contributed by atoms with Crippen molar-refractivity contribution in [3.8, 4) is 11.5 Å². The first-order valence-corrected chi connectivity index (χ1v) is 11.4. The molecule has 0 aliphatic heterocycles. The highest BCUT2D eigenvalue weighted by Gasteiger charge is 2.13. The molecule has 0 saturated heterocycles. The fourth-order valence-corrected chi connectivity index (χ4v) is 3.94. The van der Waals surface area contributed by atoms with Crippen molar-refractivity contribution >= 4 is 34.8 Å². The Labute approximate surface area is 199 Å². The Kier molecular flexibility index (Phi) is 8.91. The van der Waals surface area contributed by atoms with Gasteiger partial charge in [-0.2, -0.15) is 0 Å². The molecular formula is C25H26Cl3NO2. The summed E-state index contributed by atoms with van der Waals surface area (Å²) in [7, 11) is 0. The highest BCUT2D eigenvalue weighted by atomic mass is 35.5. The zero-order valence-corrected chi connectivity index (χ0v) is 19.9. The van der Waals surface area contributed by atoms with Gasteiger partial charge in [-0.05, 0) is 67.8 Å². The summed E-state index contributed by atoms with van der Waals surface area (Å²) >= 11 is 18.7. The predicted molar refractivity (Wildman–Crippen MR) is 130 cm³/mol. The van der Waals surface area contributed by atoms with E-state index >= 15 is 0 Å². The van der Waals surface area contributed by atoms with E-state index in [1.165, 1.54) is 5.56 Å². The van der Waals surface area contributed by atoms with Gasteiger partial charge in [0.05, 0.1) is 11.6 Å². The molecule has 0 spiro atoms. The minimum Gasteiger partial charge on any atom is -0.490 e. The topological polar surface area (TPSA) is 30.5 Å². The van der Waals surface area contributed by atoms with E-state index in [0.717, 1.165) is 29.7 Å². The molecule has 0 fully saturated rings. The van der Waals surface area contributed by atoms with Crippen LogP contribution in [0.15, 0.2) is 54.6 Å². The third kappa shape index (κ3) is 7.05. The minimum atomic E-state index is 0.430. The molecule has 0 heterocycles. The Hall–Kier alpha value is -1.91. The van der Waals surface area contributed by atoms with Gasteiger partial charge in [0.25, 0.3) is 0 Å². The molecule has 0 amide bonds. The second kappa shape index (κ2) is 11.6. The highest BCUT2D eigenvalue weighted by Crippen LogP contribution is 2.37. The van der Waals surface area contributed by atoms with Crippen molar-refractivity contribution in [2.45, 2.75) is 33.4 Å². The van der Waals surface area contributed by atoms with Crippen LogP contribution in [0.4, 0.5) is 0 Å². The van der Waals surface area contributed by atoms with Gasteiger partial charge in [-0.3, -0.25) is 0 Å². The predicted octanol–water partition coefficient (Wildman–Crippen LogP) is 7.27. The molecule has 0 saturated carbocycles. The highest BCUT2D eigenvalue weighted by molar-refractivity contribution is 6.35. The average Bonchev–Trinajstić information content (AvgIpc) is 2.73. The largest absolute Gasteiger partial charge is 0.490 e. The molecule has 3 aromatic carbocycles. The van der Waals surface area contributed by atoms with Crippen LogP contribution in [0.1, 0.15) is 29.2 Å². The average molecular weight is 479 g/mol. The lowest BCUT2D eigenvalue weighted by molar-refractivity contribution is 0.269. The van der Waals surface area contributed by atoms with Crippen LogP contribution in [0.2, 0.25) is 15.1 Å². The van der Waals surface area contributed by atoms with Crippen LogP contribution < -0.4 is 14.8 Å². The van der Waals surface area contributed by atoms with Crippen molar-refractivity contribution in [2.75, 3.05) is 13.2 Å². The third-order valence-corrected chi connectivity index (χ3v) is 5.66. The van der Waals surface area contributed by atoms with Crippen molar-refractivity contribution in [3.63, 3.8) is 0 Å². The summed E-state index contributed by atoms with van der Waals surface area (Å²) in [6.45, 7) is 6.39. The molecule has 3 nitrogen and oxygen atoms in total. The van der Waals surface area contributed by atoms with Crippen molar-refractivity contribution in [1.29, 1.82) is 0 Å². The summed E-state index contributed by atoms with van der Waals surface area (Å²) in [5.41, 5.74) is 4.38. The van der Waals surface area contributed by atoms with E-state index in [-0.39, 0.29) is 0 Å². The summed E-state index contributed by atoms with van der Waals surface area (Å²) in [6, 6.07) is 17.7. The molecule has 1 N–H and O–H groups in total. The molecule has 0 atom stereocenters. The maximum atomic E-state index is 6.54. The normalized spacial score (nSPS) is 10.9. The number of hydrogen-bond donors (Lipinski definition) is 1. The monoisotopic (exact) mass is 477 g/mol. The lowest BCUT2D eigenvalue weighted by Crippen LogP contribution is -2.17. The summed E-state index contributed by atoms with van der Waals surface area (Å²) < 4.78 is 11.8. The Morgan fingerprint density at radius 1 is 0.839 bits per heavy atom. The van der Waals surface area contributed by atoms with Crippen LogP contribution in [0.25, 0.3) is 0 Å². The fourth-order valence-electron chi connectivity index (χ4n) is 3.15. The smallest absolute Gasteiger partial charge is 0.180 e. The van der Waals surface area contributed by atoms with Crippen molar-refractivity contribution < 1.29 is 9.47 Å². The van der Waals surface area contributed by atoms with Gasteiger partial charge in [0, 0.05) is 16.6 Å². The second-order valence-electron chi connectivity index (χ2n) is 7.27. The zero-order valence-electron chi connectivity index (χ0n) is 17.7. The van der Waals surface area contributed by atoms with Gasteiger partial charge in [0.1, 0.15) is 6.61 Å². The first-order chi connectivity index (χ1) is 15.0. The summed E-state index contributed by atoms with van der Waals surface area (Å²) in [5, 5.41) is 5.29. The van der Waals surface area contributed by atoms with E-state index in [9.17, 15) is 0 Å². The molecular weight excluding hydrogens is 453 g/mol. The number of halogens is 3. The molecule has 3 aromatic rings. The molecule has 0 aliphatic carbocycles. The molecule has 0 radical (unpaired) electrons. The zero-order chi connectivity index (χ0) is 22.2. The van der Waals surface area contributed by atoms with E-state index in [0.29, 0.717) is 46.3 Å². The number of nitrogens with one attached hydrogen (secondary N) is 1. The minimum absolute atomic E-state index is 0.430. The number of aryl methyl sites for hydroxylation is 1. The SMILES string of the molecule is CCOc1cc(CNCCc2ccc(Cl)cc2Cl)cc(Cl)c1OCc1ccc(C)cc1. The van der Waals surface area contributed by atoms with E-state index in [4.69, 9.17) is 44.3 Å². The van der Waals surface area contributed by atoms with Crippen LogP contribution in [0, 0.1) is 6.92 Å². The van der Waals surface area contributed by atoms with Gasteiger partial charge < -0.3 is 14.8 Å². The quantitative estimate of drug-likeness (QED) is 0.311. The van der Waals surface area contributed by atoms with Gasteiger partial charge >= 0.3 is 0 Å². The van der Waals surface area contributed by atoms with Crippen LogP contribution in [0.5, 0.6) is 11.5 Å². The van der Waals surface area contributed by atoms with Gasteiger partial charge in [0.2, 0.25) is 0 Å². The summed E-state index contributed by atoms with van der Waals surface area (Å²) in [6.07, 6.45) is 0.805.